The molecule has 3 aromatic carbocycles. The molecule has 5 aromatic rings. The van der Waals surface area contributed by atoms with Gasteiger partial charge in [-0.25, -0.2) is 17.6 Å². The maximum atomic E-state index is 13.9. The van der Waals surface area contributed by atoms with Crippen LogP contribution in [-0.2, 0) is 39.4 Å². The molecule has 0 saturated carbocycles. The standard InChI is InChI=1S/C42H51Cl2FN4O6S/c1-5-34-38(41(47-48(34)3)35(18-13-27-19-23-53-24-20-27)49(4)56(51,52)25-9-21-43)37-33(44)17-16-32-31(40(46-39(32)37)42(50)54-6-2)11-8-22-55-36-12-7-10-28-26-29(45)14-15-30(28)36/h7,10,12,14-17,26-27,35,46H,5-6,8-9,11,13,18-25H2,1-4H3. The summed E-state index contributed by atoms with van der Waals surface area (Å²) < 4.78 is 62.2. The first-order valence-corrected chi connectivity index (χ1v) is 22.0. The lowest BCUT2D eigenvalue weighted by atomic mass is 9.89. The molecule has 0 bridgehead atoms. The Balaban J connectivity index is 1.42. The molecular weight excluding hydrogens is 778 g/mol. The number of aromatic amines is 1. The van der Waals surface area contributed by atoms with Crippen molar-refractivity contribution in [1.29, 1.82) is 0 Å². The third kappa shape index (κ3) is 9.05. The number of rotatable bonds is 18. The molecule has 1 aliphatic heterocycles. The summed E-state index contributed by atoms with van der Waals surface area (Å²) in [6, 6.07) is 13.3. The average Bonchev–Trinajstić information content (AvgIpc) is 3.72. The molecule has 14 heteroatoms. The van der Waals surface area contributed by atoms with Crippen molar-refractivity contribution in [2.24, 2.45) is 13.0 Å². The van der Waals surface area contributed by atoms with E-state index < -0.39 is 22.0 Å². The van der Waals surface area contributed by atoms with Crippen LogP contribution in [0.4, 0.5) is 4.39 Å². The number of ether oxygens (including phenoxy) is 3. The monoisotopic (exact) mass is 828 g/mol. The molecule has 302 valence electrons. The van der Waals surface area contributed by atoms with Crippen molar-refractivity contribution < 1.29 is 31.8 Å². The minimum Gasteiger partial charge on any atom is -0.493 e. The molecule has 1 aliphatic rings. The molecule has 3 heterocycles. The summed E-state index contributed by atoms with van der Waals surface area (Å²) in [7, 11) is -0.205. The van der Waals surface area contributed by atoms with Crippen molar-refractivity contribution in [3.8, 4) is 16.9 Å². The fraction of sp³-hybridized carbons (Fsp3) is 0.476. The zero-order chi connectivity index (χ0) is 40.0. The predicted octanol–water partition coefficient (Wildman–Crippen LogP) is 9.40. The molecule has 1 unspecified atom stereocenters. The summed E-state index contributed by atoms with van der Waals surface area (Å²) in [6.45, 7) is 5.73. The Kier molecular flexibility index (Phi) is 14.0. The van der Waals surface area contributed by atoms with Gasteiger partial charge in [-0.3, -0.25) is 4.68 Å². The van der Waals surface area contributed by atoms with E-state index in [2.05, 4.69) is 4.98 Å². The van der Waals surface area contributed by atoms with E-state index in [0.29, 0.717) is 91.1 Å². The molecule has 1 fully saturated rings. The van der Waals surface area contributed by atoms with E-state index in [4.69, 9.17) is 42.5 Å². The van der Waals surface area contributed by atoms with E-state index in [-0.39, 0.29) is 24.1 Å². The second-order valence-corrected chi connectivity index (χ2v) is 17.3. The van der Waals surface area contributed by atoms with Crippen LogP contribution in [0.15, 0.2) is 48.5 Å². The summed E-state index contributed by atoms with van der Waals surface area (Å²) in [5.41, 5.74) is 4.64. The van der Waals surface area contributed by atoms with Crippen molar-refractivity contribution in [3.63, 3.8) is 0 Å². The Morgan fingerprint density at radius 2 is 1.88 bits per heavy atom. The van der Waals surface area contributed by atoms with Crippen LogP contribution in [0.1, 0.15) is 85.9 Å². The number of esters is 1. The lowest BCUT2D eigenvalue weighted by molar-refractivity contribution is 0.0519. The Morgan fingerprint density at radius 1 is 1.11 bits per heavy atom. The van der Waals surface area contributed by atoms with Gasteiger partial charge in [-0.05, 0) is 105 Å². The van der Waals surface area contributed by atoms with Crippen LogP contribution in [0.5, 0.6) is 5.75 Å². The normalized spacial score (nSPS) is 14.6. The zero-order valence-electron chi connectivity index (χ0n) is 32.5. The number of aromatic nitrogens is 3. The van der Waals surface area contributed by atoms with Gasteiger partial charge < -0.3 is 19.2 Å². The molecule has 0 amide bonds. The summed E-state index contributed by atoms with van der Waals surface area (Å²) in [5, 5.41) is 7.86. The highest BCUT2D eigenvalue weighted by Gasteiger charge is 2.35. The summed E-state index contributed by atoms with van der Waals surface area (Å²) in [5.74, 6) is 0.416. The van der Waals surface area contributed by atoms with Crippen molar-refractivity contribution >= 4 is 60.9 Å². The van der Waals surface area contributed by atoms with Crippen molar-refractivity contribution in [2.75, 3.05) is 45.1 Å². The first kappa shape index (κ1) is 41.9. The molecule has 1 atom stereocenters. The highest BCUT2D eigenvalue weighted by atomic mass is 35.5. The molecular formula is C42H51Cl2FN4O6S. The van der Waals surface area contributed by atoms with Crippen molar-refractivity contribution in [3.05, 3.63) is 82.0 Å². The maximum absolute atomic E-state index is 13.9. The number of sulfonamides is 1. The third-order valence-corrected chi connectivity index (χ3v) is 13.4. The predicted molar refractivity (Wildman–Crippen MR) is 221 cm³/mol. The fourth-order valence-electron chi connectivity index (χ4n) is 7.94. The highest BCUT2D eigenvalue weighted by molar-refractivity contribution is 7.89. The van der Waals surface area contributed by atoms with Crippen LogP contribution in [0.25, 0.3) is 32.8 Å². The van der Waals surface area contributed by atoms with Gasteiger partial charge in [0, 0.05) is 60.8 Å². The average molecular weight is 830 g/mol. The van der Waals surface area contributed by atoms with Gasteiger partial charge >= 0.3 is 5.97 Å². The molecule has 0 spiro atoms. The minimum absolute atomic E-state index is 0.0778. The molecule has 2 aromatic heterocycles. The van der Waals surface area contributed by atoms with Gasteiger partial charge in [0.15, 0.2) is 0 Å². The van der Waals surface area contributed by atoms with E-state index in [9.17, 15) is 17.6 Å². The number of carbonyl (C=O) groups is 1. The smallest absolute Gasteiger partial charge is 0.355 e. The molecule has 6 rings (SSSR count). The number of nitrogens with zero attached hydrogens (tertiary/aromatic N) is 3. The van der Waals surface area contributed by atoms with Gasteiger partial charge in [0.05, 0.1) is 41.2 Å². The molecule has 1 saturated heterocycles. The quantitative estimate of drug-likeness (QED) is 0.0532. The topological polar surface area (TPSA) is 116 Å². The number of halogens is 3. The molecule has 1 N–H and O–H groups in total. The lowest BCUT2D eigenvalue weighted by Crippen LogP contribution is -2.34. The van der Waals surface area contributed by atoms with Crippen LogP contribution >= 0.6 is 23.2 Å². The van der Waals surface area contributed by atoms with Crippen molar-refractivity contribution in [1.82, 2.24) is 19.1 Å². The van der Waals surface area contributed by atoms with E-state index in [1.54, 1.807) is 20.0 Å². The van der Waals surface area contributed by atoms with E-state index >= 15 is 0 Å². The molecule has 56 heavy (non-hydrogen) atoms. The summed E-state index contributed by atoms with van der Waals surface area (Å²) in [6.07, 6.45) is 5.16. The Morgan fingerprint density at radius 3 is 2.61 bits per heavy atom. The van der Waals surface area contributed by atoms with Gasteiger partial charge in [0.2, 0.25) is 10.0 Å². The van der Waals surface area contributed by atoms with Gasteiger partial charge in [-0.2, -0.15) is 9.40 Å². The Hall–Kier alpha value is -3.68. The maximum Gasteiger partial charge on any atom is 0.355 e. The first-order valence-electron chi connectivity index (χ1n) is 19.5. The Bertz CT molecular complexity index is 2270. The second kappa shape index (κ2) is 18.7. The number of H-pyrrole nitrogens is 1. The van der Waals surface area contributed by atoms with Crippen LogP contribution in [0.3, 0.4) is 0 Å². The van der Waals surface area contributed by atoms with Gasteiger partial charge in [0.25, 0.3) is 0 Å². The Labute approximate surface area is 338 Å². The summed E-state index contributed by atoms with van der Waals surface area (Å²) >= 11 is 13.1. The third-order valence-electron chi connectivity index (χ3n) is 10.8. The number of nitrogens with one attached hydrogen (secondary N) is 1. The highest BCUT2D eigenvalue weighted by Crippen LogP contribution is 2.45. The van der Waals surface area contributed by atoms with Crippen LogP contribution in [0, 0.1) is 11.7 Å². The number of benzene rings is 3. The largest absolute Gasteiger partial charge is 0.493 e. The van der Waals surface area contributed by atoms with Crippen LogP contribution in [-0.4, -0.2) is 78.6 Å². The molecule has 0 aliphatic carbocycles. The van der Waals surface area contributed by atoms with Crippen molar-refractivity contribution in [2.45, 2.75) is 71.3 Å². The number of carbonyl (C=O) groups excluding carboxylic acids is 1. The van der Waals surface area contributed by atoms with Gasteiger partial charge in [0.1, 0.15) is 17.3 Å². The number of alkyl halides is 1. The van der Waals surface area contributed by atoms with E-state index in [1.165, 1.54) is 16.4 Å². The number of aryl methyl sites for hydroxylation is 2. The van der Waals surface area contributed by atoms with Crippen LogP contribution < -0.4 is 4.74 Å². The van der Waals surface area contributed by atoms with Gasteiger partial charge in [-0.1, -0.05) is 36.7 Å². The molecule has 10 nitrogen and oxygen atoms in total. The zero-order valence-corrected chi connectivity index (χ0v) is 34.8. The minimum atomic E-state index is -3.71. The van der Waals surface area contributed by atoms with E-state index in [1.807, 2.05) is 49.0 Å². The number of hydrogen-bond acceptors (Lipinski definition) is 7. The van der Waals surface area contributed by atoms with Crippen LogP contribution in [0.2, 0.25) is 5.02 Å². The lowest BCUT2D eigenvalue weighted by Gasteiger charge is -2.30. The van der Waals surface area contributed by atoms with Gasteiger partial charge in [-0.15, -0.1) is 11.6 Å². The SMILES string of the molecule is CCOC(=O)c1[nH]c2c(-c3c(C(CCC4CCOCC4)N(C)S(=O)(=O)CCCCl)nn(C)c3CC)c(Cl)ccc2c1CCCOc1cccc2cc(F)ccc12. The second-order valence-electron chi connectivity index (χ2n) is 14.3. The number of hydrogen-bond donors (Lipinski definition) is 1. The molecule has 0 radical (unpaired) electrons. The number of fused-ring (bicyclic) bond motifs is 2. The first-order chi connectivity index (χ1) is 27.0. The fourth-order valence-corrected chi connectivity index (χ4v) is 9.88. The summed E-state index contributed by atoms with van der Waals surface area (Å²) in [4.78, 5) is 17.0. The van der Waals surface area contributed by atoms with E-state index in [0.717, 1.165) is 52.2 Å².